The molecule has 1 unspecified atom stereocenters. The lowest BCUT2D eigenvalue weighted by Crippen LogP contribution is -2.17. The van der Waals surface area contributed by atoms with Crippen LogP contribution in [0.15, 0.2) is 60.9 Å². The van der Waals surface area contributed by atoms with Crippen LogP contribution < -0.4 is 15.2 Å². The van der Waals surface area contributed by atoms with Crippen molar-refractivity contribution >= 4 is 33.5 Å². The molecule has 0 radical (unpaired) electrons. The maximum absolute atomic E-state index is 11.0. The number of anilines is 2. The van der Waals surface area contributed by atoms with Crippen LogP contribution in [0.5, 0.6) is 11.8 Å². The van der Waals surface area contributed by atoms with Gasteiger partial charge >= 0.3 is 6.01 Å². The number of nitrogens with two attached hydrogens (primary N) is 1. The molecular formula is C22H21N5O3S. The van der Waals surface area contributed by atoms with Gasteiger partial charge in [0, 0.05) is 41.1 Å². The van der Waals surface area contributed by atoms with Crippen molar-refractivity contribution in [1.82, 2.24) is 14.5 Å². The highest BCUT2D eigenvalue weighted by Crippen LogP contribution is 2.45. The fourth-order valence-electron chi connectivity index (χ4n) is 3.94. The van der Waals surface area contributed by atoms with Crippen LogP contribution >= 0.6 is 0 Å². The summed E-state index contributed by atoms with van der Waals surface area (Å²) in [5, 5.41) is 0.960. The highest BCUT2D eigenvalue weighted by atomic mass is 32.2. The molecule has 0 aliphatic heterocycles. The molecule has 0 amide bonds. The predicted molar refractivity (Wildman–Crippen MR) is 121 cm³/mol. The van der Waals surface area contributed by atoms with Gasteiger partial charge in [0.25, 0.3) is 11.3 Å². The second-order valence-electron chi connectivity index (χ2n) is 7.46. The molecule has 1 fully saturated rings. The van der Waals surface area contributed by atoms with E-state index in [1.165, 1.54) is 6.42 Å². The van der Waals surface area contributed by atoms with Crippen LogP contribution in [0.2, 0.25) is 0 Å². The number of ether oxygens (including phenoxy) is 1. The SMILES string of the molecule is Nc1c(-c2ccc(NS(=O)O)cc2)n(C2CCC2)c2cc(Oc3ncccn3)ccc12. The molecule has 1 aliphatic rings. The number of hydrogen-bond acceptors (Lipinski definition) is 5. The third-order valence-electron chi connectivity index (χ3n) is 5.57. The van der Waals surface area contributed by atoms with Gasteiger partial charge in [0.1, 0.15) is 5.75 Å². The summed E-state index contributed by atoms with van der Waals surface area (Å²) in [4.78, 5) is 8.26. The van der Waals surface area contributed by atoms with Crippen molar-refractivity contribution in [2.45, 2.75) is 25.3 Å². The molecule has 2 heterocycles. The molecule has 158 valence electrons. The molecule has 2 aromatic heterocycles. The predicted octanol–water partition coefficient (Wildman–Crippen LogP) is 4.75. The van der Waals surface area contributed by atoms with Gasteiger partial charge in [-0.1, -0.05) is 12.1 Å². The summed E-state index contributed by atoms with van der Waals surface area (Å²) < 4.78 is 30.6. The van der Waals surface area contributed by atoms with Gasteiger partial charge in [-0.05, 0) is 49.6 Å². The van der Waals surface area contributed by atoms with Crippen LogP contribution in [0.4, 0.5) is 11.4 Å². The molecular weight excluding hydrogens is 414 g/mol. The lowest BCUT2D eigenvalue weighted by Gasteiger charge is -2.30. The Morgan fingerprint density at radius 2 is 1.87 bits per heavy atom. The number of nitrogen functional groups attached to an aromatic ring is 1. The van der Waals surface area contributed by atoms with E-state index in [1.54, 1.807) is 30.6 Å². The van der Waals surface area contributed by atoms with Gasteiger partial charge in [-0.3, -0.25) is 9.27 Å². The fraction of sp³-hybridized carbons (Fsp3) is 0.182. The van der Waals surface area contributed by atoms with Crippen LogP contribution in [0.1, 0.15) is 25.3 Å². The lowest BCUT2D eigenvalue weighted by atomic mass is 9.92. The van der Waals surface area contributed by atoms with E-state index >= 15 is 0 Å². The second kappa shape index (κ2) is 8.01. The maximum Gasteiger partial charge on any atom is 0.321 e. The molecule has 2 aromatic carbocycles. The van der Waals surface area contributed by atoms with Crippen LogP contribution in [0.3, 0.4) is 0 Å². The molecule has 1 atom stereocenters. The van der Waals surface area contributed by atoms with Gasteiger partial charge in [-0.15, -0.1) is 0 Å². The minimum atomic E-state index is -2.11. The Balaban J connectivity index is 1.60. The molecule has 9 heteroatoms. The van der Waals surface area contributed by atoms with E-state index in [0.29, 0.717) is 29.2 Å². The number of hydrogen-bond donors (Lipinski definition) is 3. The largest absolute Gasteiger partial charge is 0.424 e. The third kappa shape index (κ3) is 3.73. The van der Waals surface area contributed by atoms with Gasteiger partial charge < -0.3 is 15.0 Å². The van der Waals surface area contributed by atoms with E-state index in [9.17, 15) is 4.21 Å². The monoisotopic (exact) mass is 435 g/mol. The summed E-state index contributed by atoms with van der Waals surface area (Å²) in [6.45, 7) is 0. The zero-order valence-electron chi connectivity index (χ0n) is 16.6. The van der Waals surface area contributed by atoms with Crippen molar-refractivity contribution in [3.8, 4) is 23.0 Å². The van der Waals surface area contributed by atoms with Crippen molar-refractivity contribution < 1.29 is 13.5 Å². The summed E-state index contributed by atoms with van der Waals surface area (Å²) in [5.41, 5.74) is 10.8. The molecule has 4 aromatic rings. The van der Waals surface area contributed by atoms with Crippen LogP contribution in [0.25, 0.3) is 22.2 Å². The van der Waals surface area contributed by atoms with Gasteiger partial charge in [-0.2, -0.15) is 0 Å². The van der Waals surface area contributed by atoms with Crippen LogP contribution in [0, 0.1) is 0 Å². The molecule has 0 saturated heterocycles. The Labute approximate surface area is 181 Å². The molecule has 5 rings (SSSR count). The topological polar surface area (TPSA) is 115 Å². The van der Waals surface area contributed by atoms with Gasteiger partial charge in [0.15, 0.2) is 0 Å². The first-order valence-corrected chi connectivity index (χ1v) is 11.1. The standard InChI is InChI=1S/C22H21N5O3S/c23-20-18-10-9-17(30-22-24-11-2-12-25-22)13-19(18)27(16-3-1-4-16)21(20)14-5-7-15(8-6-14)26-31(28)29/h2,5-13,16,26H,1,3-4,23H2,(H,28,29). The number of fused-ring (bicyclic) bond motifs is 1. The van der Waals surface area contributed by atoms with Crippen molar-refractivity contribution in [3.63, 3.8) is 0 Å². The van der Waals surface area contributed by atoms with E-state index < -0.39 is 11.3 Å². The highest BCUT2D eigenvalue weighted by Gasteiger charge is 2.27. The van der Waals surface area contributed by atoms with Crippen molar-refractivity contribution in [2.24, 2.45) is 0 Å². The van der Waals surface area contributed by atoms with E-state index in [0.717, 1.165) is 35.0 Å². The van der Waals surface area contributed by atoms with Gasteiger partial charge in [0.05, 0.1) is 16.9 Å². The smallest absolute Gasteiger partial charge is 0.321 e. The first-order valence-electron chi connectivity index (χ1n) is 9.96. The molecule has 1 saturated carbocycles. The Kier molecular flexibility index (Phi) is 5.05. The van der Waals surface area contributed by atoms with Gasteiger partial charge in [-0.25, -0.2) is 14.2 Å². The quantitative estimate of drug-likeness (QED) is 0.377. The molecule has 8 nitrogen and oxygen atoms in total. The van der Waals surface area contributed by atoms with E-state index in [2.05, 4.69) is 19.3 Å². The minimum Gasteiger partial charge on any atom is -0.424 e. The summed E-state index contributed by atoms with van der Waals surface area (Å²) in [6, 6.07) is 15.6. The molecule has 4 N–H and O–H groups in total. The highest BCUT2D eigenvalue weighted by molar-refractivity contribution is 7.80. The zero-order chi connectivity index (χ0) is 21.4. The summed E-state index contributed by atoms with van der Waals surface area (Å²) in [5.74, 6) is 0.647. The number of nitrogens with zero attached hydrogens (tertiary/aromatic N) is 3. The number of benzene rings is 2. The van der Waals surface area contributed by atoms with Crippen LogP contribution in [-0.2, 0) is 11.3 Å². The van der Waals surface area contributed by atoms with Crippen molar-refractivity contribution in [2.75, 3.05) is 10.5 Å². The number of rotatable bonds is 6. The van der Waals surface area contributed by atoms with E-state index in [1.807, 2.05) is 30.3 Å². The molecule has 1 aliphatic carbocycles. The first-order chi connectivity index (χ1) is 15.1. The molecule has 0 bridgehead atoms. The average molecular weight is 436 g/mol. The van der Waals surface area contributed by atoms with Crippen molar-refractivity contribution in [3.05, 3.63) is 60.9 Å². The van der Waals surface area contributed by atoms with Crippen molar-refractivity contribution in [1.29, 1.82) is 0 Å². The Morgan fingerprint density at radius 1 is 1.13 bits per heavy atom. The minimum absolute atomic E-state index is 0.293. The summed E-state index contributed by atoms with van der Waals surface area (Å²) in [6.07, 6.45) is 6.64. The Morgan fingerprint density at radius 3 is 2.52 bits per heavy atom. The Bertz CT molecular complexity index is 1250. The average Bonchev–Trinajstić information content (AvgIpc) is 3.00. The summed E-state index contributed by atoms with van der Waals surface area (Å²) in [7, 11) is 0. The zero-order valence-corrected chi connectivity index (χ0v) is 17.4. The number of aromatic nitrogens is 3. The third-order valence-corrected chi connectivity index (χ3v) is 5.98. The van der Waals surface area contributed by atoms with Gasteiger partial charge in [0.2, 0.25) is 0 Å². The first kappa shape index (κ1) is 19.5. The maximum atomic E-state index is 11.0. The van der Waals surface area contributed by atoms with E-state index in [-0.39, 0.29) is 0 Å². The van der Waals surface area contributed by atoms with Crippen LogP contribution in [-0.4, -0.2) is 23.3 Å². The lowest BCUT2D eigenvalue weighted by molar-refractivity contribution is 0.324. The Hall–Kier alpha value is -3.43. The second-order valence-corrected chi connectivity index (χ2v) is 8.16. The molecule has 31 heavy (non-hydrogen) atoms. The normalized spacial score (nSPS) is 14.9. The molecule has 0 spiro atoms. The fourth-order valence-corrected chi connectivity index (χ4v) is 4.28. The van der Waals surface area contributed by atoms with E-state index in [4.69, 9.17) is 15.0 Å². The summed E-state index contributed by atoms with van der Waals surface area (Å²) >= 11 is -2.11. The number of nitrogens with one attached hydrogen (secondary N) is 1.